The maximum atomic E-state index is 4.58. The lowest BCUT2D eigenvalue weighted by atomic mass is 10.0. The van der Waals surface area contributed by atoms with Crippen molar-refractivity contribution in [2.75, 3.05) is 18.0 Å². The molecule has 4 nitrogen and oxygen atoms in total. The molecule has 1 atom stereocenters. The molecular weight excluding hydrogens is 364 g/mol. The summed E-state index contributed by atoms with van der Waals surface area (Å²) < 4.78 is 0. The molecule has 1 aromatic carbocycles. The Morgan fingerprint density at radius 2 is 1.96 bits per heavy atom. The van der Waals surface area contributed by atoms with E-state index in [0.29, 0.717) is 12.1 Å². The summed E-state index contributed by atoms with van der Waals surface area (Å²) in [6.45, 7) is 6.54. The van der Waals surface area contributed by atoms with Gasteiger partial charge in [-0.05, 0) is 56.9 Å². The van der Waals surface area contributed by atoms with Crippen LogP contribution in [0.2, 0.25) is 0 Å². The van der Waals surface area contributed by atoms with E-state index in [2.05, 4.69) is 69.7 Å². The van der Waals surface area contributed by atoms with Gasteiger partial charge in [-0.1, -0.05) is 18.2 Å². The minimum atomic E-state index is 0.474. The Morgan fingerprint density at radius 3 is 2.61 bits per heavy atom. The van der Waals surface area contributed by atoms with Gasteiger partial charge in [-0.25, -0.2) is 4.98 Å². The molecule has 5 heteroatoms. The van der Waals surface area contributed by atoms with Crippen LogP contribution < -0.4 is 10.2 Å². The number of nitrogens with zero attached hydrogens (tertiary/aromatic N) is 3. The summed E-state index contributed by atoms with van der Waals surface area (Å²) in [5.74, 6) is 0. The fraction of sp³-hybridized carbons (Fsp3) is 0.391. The van der Waals surface area contributed by atoms with E-state index in [4.69, 9.17) is 0 Å². The Bertz CT molecular complexity index is 867. The van der Waals surface area contributed by atoms with Gasteiger partial charge in [0.15, 0.2) is 0 Å². The Labute approximate surface area is 171 Å². The summed E-state index contributed by atoms with van der Waals surface area (Å²) in [5, 5.41) is 7.06. The van der Waals surface area contributed by atoms with Crippen molar-refractivity contribution in [3.05, 3.63) is 64.7 Å². The zero-order valence-corrected chi connectivity index (χ0v) is 17.5. The molecule has 3 heterocycles. The van der Waals surface area contributed by atoms with Crippen LogP contribution in [0.4, 0.5) is 5.69 Å². The summed E-state index contributed by atoms with van der Waals surface area (Å²) in [7, 11) is 0. The molecule has 1 aliphatic heterocycles. The van der Waals surface area contributed by atoms with Crippen LogP contribution in [0, 0.1) is 6.92 Å². The zero-order valence-electron chi connectivity index (χ0n) is 16.6. The fourth-order valence-electron chi connectivity index (χ4n) is 3.98. The molecule has 0 bridgehead atoms. The summed E-state index contributed by atoms with van der Waals surface area (Å²) in [6, 6.07) is 14.1. The van der Waals surface area contributed by atoms with Gasteiger partial charge in [-0.3, -0.25) is 4.98 Å². The molecule has 4 rings (SSSR count). The Kier molecular flexibility index (Phi) is 6.03. The summed E-state index contributed by atoms with van der Waals surface area (Å²) in [4.78, 5) is 11.3. The molecule has 1 aliphatic rings. The van der Waals surface area contributed by atoms with Crippen molar-refractivity contribution in [1.29, 1.82) is 0 Å². The van der Waals surface area contributed by atoms with Crippen LogP contribution in [0.3, 0.4) is 0 Å². The van der Waals surface area contributed by atoms with Crippen LogP contribution >= 0.6 is 11.3 Å². The number of aryl methyl sites for hydroxylation is 1. The van der Waals surface area contributed by atoms with Crippen LogP contribution in [-0.4, -0.2) is 35.1 Å². The van der Waals surface area contributed by atoms with E-state index in [1.165, 1.54) is 29.7 Å². The third-order valence-corrected chi connectivity index (χ3v) is 6.20. The Balaban J connectivity index is 1.28. The number of piperidine rings is 1. The third-order valence-electron chi connectivity index (χ3n) is 5.43. The fourth-order valence-corrected chi connectivity index (χ4v) is 4.60. The van der Waals surface area contributed by atoms with Gasteiger partial charge in [0.2, 0.25) is 0 Å². The maximum absolute atomic E-state index is 4.58. The third kappa shape index (κ3) is 4.78. The number of thiazole rings is 1. The van der Waals surface area contributed by atoms with Crippen molar-refractivity contribution >= 4 is 17.0 Å². The lowest BCUT2D eigenvalue weighted by Crippen LogP contribution is -2.46. The highest BCUT2D eigenvalue weighted by Gasteiger charge is 2.21. The van der Waals surface area contributed by atoms with Gasteiger partial charge in [0.05, 0.1) is 10.7 Å². The number of hydrogen-bond acceptors (Lipinski definition) is 5. The van der Waals surface area contributed by atoms with E-state index in [1.54, 1.807) is 11.3 Å². The predicted molar refractivity (Wildman–Crippen MR) is 118 cm³/mol. The molecule has 0 aliphatic carbocycles. The first-order valence-electron chi connectivity index (χ1n) is 10.1. The molecule has 0 unspecified atom stereocenters. The van der Waals surface area contributed by atoms with Gasteiger partial charge in [0.25, 0.3) is 0 Å². The van der Waals surface area contributed by atoms with Gasteiger partial charge in [-0.15, -0.1) is 11.3 Å². The van der Waals surface area contributed by atoms with Crippen molar-refractivity contribution < 1.29 is 0 Å². The van der Waals surface area contributed by atoms with Gasteiger partial charge < -0.3 is 10.2 Å². The van der Waals surface area contributed by atoms with Gasteiger partial charge >= 0.3 is 0 Å². The molecular formula is C23H28N4S. The average molecular weight is 393 g/mol. The highest BCUT2D eigenvalue weighted by molar-refractivity contribution is 7.09. The first-order chi connectivity index (χ1) is 13.7. The maximum Gasteiger partial charge on any atom is 0.0901 e. The molecule has 1 fully saturated rings. The van der Waals surface area contributed by atoms with Crippen LogP contribution in [0.15, 0.2) is 54.2 Å². The normalized spacial score (nSPS) is 16.3. The molecule has 28 heavy (non-hydrogen) atoms. The lowest BCUT2D eigenvalue weighted by Gasteiger charge is -2.35. The van der Waals surface area contributed by atoms with Crippen LogP contribution in [-0.2, 0) is 6.42 Å². The second-order valence-corrected chi connectivity index (χ2v) is 8.76. The van der Waals surface area contributed by atoms with Crippen molar-refractivity contribution in [3.8, 4) is 11.3 Å². The number of rotatable bonds is 6. The predicted octanol–water partition coefficient (Wildman–Crippen LogP) is 4.70. The monoisotopic (exact) mass is 392 g/mol. The molecule has 1 saturated heterocycles. The van der Waals surface area contributed by atoms with Crippen molar-refractivity contribution in [3.63, 3.8) is 0 Å². The Morgan fingerprint density at radius 1 is 1.18 bits per heavy atom. The summed E-state index contributed by atoms with van der Waals surface area (Å²) in [6.07, 6.45) is 7.21. The van der Waals surface area contributed by atoms with E-state index < -0.39 is 0 Å². The number of nitrogens with one attached hydrogen (secondary N) is 1. The lowest BCUT2D eigenvalue weighted by molar-refractivity contribution is 0.375. The number of benzene rings is 1. The number of anilines is 1. The van der Waals surface area contributed by atoms with Gasteiger partial charge in [-0.2, -0.15) is 0 Å². The van der Waals surface area contributed by atoms with Crippen molar-refractivity contribution in [2.45, 2.75) is 45.2 Å². The molecule has 1 N–H and O–H groups in total. The second-order valence-electron chi connectivity index (χ2n) is 7.69. The SMILES string of the molecule is Cc1nc(-c2ccc(N3CCC(N[C@@H](C)Cc4cccnc4)CC3)cc2)cs1. The largest absolute Gasteiger partial charge is 0.371 e. The summed E-state index contributed by atoms with van der Waals surface area (Å²) >= 11 is 1.70. The number of pyridine rings is 1. The molecule has 0 radical (unpaired) electrons. The smallest absolute Gasteiger partial charge is 0.0901 e. The average Bonchev–Trinajstić information content (AvgIpc) is 3.16. The molecule has 0 amide bonds. The van der Waals surface area contributed by atoms with Gasteiger partial charge in [0, 0.05) is 54.2 Å². The highest BCUT2D eigenvalue weighted by Crippen LogP contribution is 2.26. The van der Waals surface area contributed by atoms with Gasteiger partial charge in [0.1, 0.15) is 0 Å². The highest BCUT2D eigenvalue weighted by atomic mass is 32.1. The quantitative estimate of drug-likeness (QED) is 0.660. The van der Waals surface area contributed by atoms with Crippen LogP contribution in [0.25, 0.3) is 11.3 Å². The molecule has 0 saturated carbocycles. The number of aromatic nitrogens is 2. The molecule has 0 spiro atoms. The molecule has 146 valence electrons. The Hall–Kier alpha value is -2.24. The first kappa shape index (κ1) is 19.1. The van der Waals surface area contributed by atoms with E-state index in [0.717, 1.165) is 30.2 Å². The van der Waals surface area contributed by atoms with E-state index in [-0.39, 0.29) is 0 Å². The molecule has 2 aromatic heterocycles. The molecule has 3 aromatic rings. The standard InChI is InChI=1S/C23H28N4S/c1-17(14-19-4-3-11-24-15-19)25-21-9-12-27(13-10-21)22-7-5-20(6-8-22)23-16-28-18(2)26-23/h3-8,11,15-17,21,25H,9-10,12-14H2,1-2H3/t17-/m0/s1. The first-order valence-corrected chi connectivity index (χ1v) is 11.0. The topological polar surface area (TPSA) is 41.1 Å². The minimum Gasteiger partial charge on any atom is -0.371 e. The number of hydrogen-bond donors (Lipinski definition) is 1. The summed E-state index contributed by atoms with van der Waals surface area (Å²) in [5.41, 5.74) is 4.90. The second kappa shape index (κ2) is 8.84. The van der Waals surface area contributed by atoms with E-state index >= 15 is 0 Å². The van der Waals surface area contributed by atoms with Crippen molar-refractivity contribution in [1.82, 2.24) is 15.3 Å². The van der Waals surface area contributed by atoms with Crippen LogP contribution in [0.5, 0.6) is 0 Å². The van der Waals surface area contributed by atoms with E-state index in [1.807, 2.05) is 18.5 Å². The zero-order chi connectivity index (χ0) is 19.3. The van der Waals surface area contributed by atoms with Crippen LogP contribution in [0.1, 0.15) is 30.3 Å². The minimum absolute atomic E-state index is 0.474. The van der Waals surface area contributed by atoms with Crippen molar-refractivity contribution in [2.24, 2.45) is 0 Å². The van der Waals surface area contributed by atoms with E-state index in [9.17, 15) is 0 Å².